The highest BCUT2D eigenvalue weighted by Gasteiger charge is 2.22. The van der Waals surface area contributed by atoms with Crippen molar-refractivity contribution in [3.63, 3.8) is 0 Å². The third-order valence-corrected chi connectivity index (χ3v) is 6.56. The van der Waals surface area contributed by atoms with Gasteiger partial charge in [-0.25, -0.2) is 4.79 Å². The number of amides is 2. The minimum atomic E-state index is -0.360. The van der Waals surface area contributed by atoms with Gasteiger partial charge in [0.1, 0.15) is 0 Å². The molecule has 38 heavy (non-hydrogen) atoms. The van der Waals surface area contributed by atoms with E-state index in [-0.39, 0.29) is 6.03 Å². The maximum absolute atomic E-state index is 12.3. The van der Waals surface area contributed by atoms with Crippen molar-refractivity contribution in [1.29, 1.82) is 0 Å². The zero-order valence-electron chi connectivity index (χ0n) is 21.7. The molecule has 0 spiro atoms. The van der Waals surface area contributed by atoms with Gasteiger partial charge in [0.05, 0.1) is 31.3 Å². The summed E-state index contributed by atoms with van der Waals surface area (Å²) in [6, 6.07) is 8.82. The van der Waals surface area contributed by atoms with E-state index >= 15 is 0 Å². The van der Waals surface area contributed by atoms with Crippen molar-refractivity contribution < 1.29 is 9.53 Å². The normalized spacial score (nSPS) is 16.7. The van der Waals surface area contributed by atoms with Gasteiger partial charge in [0.15, 0.2) is 5.82 Å². The Labute approximate surface area is 222 Å². The van der Waals surface area contributed by atoms with Crippen LogP contribution >= 0.6 is 0 Å². The van der Waals surface area contributed by atoms with Crippen molar-refractivity contribution in [3.05, 3.63) is 42.7 Å². The van der Waals surface area contributed by atoms with Crippen LogP contribution in [0.25, 0.3) is 11.4 Å². The Morgan fingerprint density at radius 2 is 1.58 bits per heavy atom. The second kappa shape index (κ2) is 12.6. The smallest absolute Gasteiger partial charge is 0.323 e. The summed E-state index contributed by atoms with van der Waals surface area (Å²) in [5.41, 5.74) is 2.07. The zero-order chi connectivity index (χ0) is 26.2. The molecule has 0 radical (unpaired) electrons. The average molecular weight is 519 g/mol. The van der Waals surface area contributed by atoms with E-state index in [1.165, 1.54) is 12.4 Å². The van der Waals surface area contributed by atoms with E-state index in [1.54, 1.807) is 6.07 Å². The molecule has 200 valence electrons. The van der Waals surface area contributed by atoms with Gasteiger partial charge in [-0.1, -0.05) is 6.92 Å². The number of morpholine rings is 1. The molecule has 2 aliphatic rings. The van der Waals surface area contributed by atoms with Crippen molar-refractivity contribution in [2.75, 3.05) is 79.5 Å². The number of anilines is 4. The van der Waals surface area contributed by atoms with E-state index in [0.29, 0.717) is 42.3 Å². The second-order valence-electron chi connectivity index (χ2n) is 9.33. The monoisotopic (exact) mass is 518 g/mol. The molecule has 0 unspecified atom stereocenters. The quantitative estimate of drug-likeness (QED) is 0.482. The number of hydrogen-bond acceptors (Lipinski definition) is 10. The van der Waals surface area contributed by atoms with Crippen LogP contribution < -0.4 is 20.4 Å². The second-order valence-corrected chi connectivity index (χ2v) is 9.33. The lowest BCUT2D eigenvalue weighted by Gasteiger charge is -2.28. The summed E-state index contributed by atoms with van der Waals surface area (Å²) in [6.07, 6.45) is 5.24. The Kier molecular flexibility index (Phi) is 8.51. The first kappa shape index (κ1) is 25.7. The van der Waals surface area contributed by atoms with Crippen molar-refractivity contribution in [3.8, 4) is 11.4 Å². The first-order chi connectivity index (χ1) is 18.7. The lowest BCUT2D eigenvalue weighted by molar-refractivity contribution is 0.122. The number of rotatable bonds is 7. The summed E-state index contributed by atoms with van der Waals surface area (Å²) in [7, 11) is 0. The van der Waals surface area contributed by atoms with Crippen LogP contribution in [0.1, 0.15) is 19.8 Å². The molecule has 0 saturated carbocycles. The highest BCUT2D eigenvalue weighted by atomic mass is 16.5. The van der Waals surface area contributed by atoms with E-state index < -0.39 is 0 Å². The SMILES string of the molecule is CCCN1CCCN(c2nc(-c3ccc(NC(=O)Nc4ccnnc4)cc3)nc(N3CCOCC3)n2)CC1. The summed E-state index contributed by atoms with van der Waals surface area (Å²) in [5.74, 6) is 2.00. The number of aromatic nitrogens is 5. The Bertz CT molecular complexity index is 1190. The maximum atomic E-state index is 12.3. The van der Waals surface area contributed by atoms with E-state index in [9.17, 15) is 4.79 Å². The number of carbonyl (C=O) groups excluding carboxylic acids is 1. The third-order valence-electron chi connectivity index (χ3n) is 6.56. The van der Waals surface area contributed by atoms with Crippen molar-refractivity contribution in [2.45, 2.75) is 19.8 Å². The van der Waals surface area contributed by atoms with Gasteiger partial charge in [0.2, 0.25) is 11.9 Å². The molecular weight excluding hydrogens is 484 g/mol. The van der Waals surface area contributed by atoms with Gasteiger partial charge in [-0.15, -0.1) is 0 Å². The Morgan fingerprint density at radius 3 is 2.29 bits per heavy atom. The van der Waals surface area contributed by atoms with Crippen LogP contribution in [0.15, 0.2) is 42.7 Å². The van der Waals surface area contributed by atoms with E-state index in [2.05, 4.69) is 42.5 Å². The van der Waals surface area contributed by atoms with Crippen LogP contribution in [0.2, 0.25) is 0 Å². The highest BCUT2D eigenvalue weighted by molar-refractivity contribution is 5.99. The predicted molar refractivity (Wildman–Crippen MR) is 147 cm³/mol. The molecule has 0 aliphatic carbocycles. The molecule has 2 aliphatic heterocycles. The minimum absolute atomic E-state index is 0.360. The summed E-state index contributed by atoms with van der Waals surface area (Å²) in [4.78, 5) is 33.9. The van der Waals surface area contributed by atoms with E-state index in [1.807, 2.05) is 24.3 Å². The molecule has 12 heteroatoms. The van der Waals surface area contributed by atoms with Crippen molar-refractivity contribution in [2.24, 2.45) is 0 Å². The number of nitrogens with one attached hydrogen (secondary N) is 2. The maximum Gasteiger partial charge on any atom is 0.323 e. The molecule has 4 heterocycles. The molecule has 1 aromatic carbocycles. The van der Waals surface area contributed by atoms with Crippen LogP contribution in [0.4, 0.5) is 28.1 Å². The average Bonchev–Trinajstić information content (AvgIpc) is 3.20. The molecule has 3 aromatic rings. The van der Waals surface area contributed by atoms with E-state index in [0.717, 1.165) is 64.2 Å². The summed E-state index contributed by atoms with van der Waals surface area (Å²) >= 11 is 0. The fourth-order valence-electron chi connectivity index (χ4n) is 4.60. The molecule has 5 rings (SSSR count). The van der Waals surface area contributed by atoms with E-state index in [4.69, 9.17) is 19.7 Å². The van der Waals surface area contributed by atoms with Gasteiger partial charge in [0.25, 0.3) is 0 Å². The van der Waals surface area contributed by atoms with Gasteiger partial charge in [-0.3, -0.25) is 0 Å². The Morgan fingerprint density at radius 1 is 0.842 bits per heavy atom. The van der Waals surface area contributed by atoms with Crippen LogP contribution in [-0.2, 0) is 4.74 Å². The van der Waals surface area contributed by atoms with Crippen LogP contribution in [-0.4, -0.2) is 95.1 Å². The number of hydrogen-bond donors (Lipinski definition) is 2. The van der Waals surface area contributed by atoms with Crippen molar-refractivity contribution >= 4 is 29.3 Å². The molecule has 2 N–H and O–H groups in total. The molecule has 2 aromatic heterocycles. The topological polar surface area (TPSA) is 125 Å². The predicted octanol–water partition coefficient (Wildman–Crippen LogP) is 2.73. The summed E-state index contributed by atoms with van der Waals surface area (Å²) in [6.45, 7) is 10.0. The van der Waals surface area contributed by atoms with Crippen molar-refractivity contribution in [1.82, 2.24) is 30.0 Å². The standard InChI is InChI=1S/C26H34N10O2/c1-2-10-34-11-3-12-35(14-13-34)24-31-23(32-25(33-24)36-15-17-38-18-16-36)20-4-6-21(7-5-20)29-26(37)30-22-8-9-27-28-19-22/h4-9,19H,2-3,10-18H2,1H3,(H2,27,29,30,37). The van der Waals surface area contributed by atoms with Gasteiger partial charge < -0.3 is 30.1 Å². The Balaban J connectivity index is 1.35. The minimum Gasteiger partial charge on any atom is -0.378 e. The lowest BCUT2D eigenvalue weighted by Crippen LogP contribution is -2.38. The van der Waals surface area contributed by atoms with Gasteiger partial charge in [-0.2, -0.15) is 25.1 Å². The van der Waals surface area contributed by atoms with Crippen LogP contribution in [0, 0.1) is 0 Å². The summed E-state index contributed by atoms with van der Waals surface area (Å²) in [5, 5.41) is 13.0. The zero-order valence-corrected chi connectivity index (χ0v) is 21.7. The number of benzene rings is 1. The molecule has 2 saturated heterocycles. The largest absolute Gasteiger partial charge is 0.378 e. The first-order valence-electron chi connectivity index (χ1n) is 13.2. The van der Waals surface area contributed by atoms with Gasteiger partial charge in [0, 0.05) is 44.0 Å². The fraction of sp³-hybridized carbons (Fsp3) is 0.462. The lowest BCUT2D eigenvalue weighted by atomic mass is 10.2. The number of carbonyl (C=O) groups is 1. The molecule has 0 bridgehead atoms. The van der Waals surface area contributed by atoms with Gasteiger partial charge in [-0.05, 0) is 56.3 Å². The molecule has 2 fully saturated rings. The number of urea groups is 1. The number of nitrogens with zero attached hydrogens (tertiary/aromatic N) is 8. The molecule has 0 atom stereocenters. The third kappa shape index (κ3) is 6.69. The molecular formula is C26H34N10O2. The molecule has 2 amide bonds. The summed E-state index contributed by atoms with van der Waals surface area (Å²) < 4.78 is 5.54. The Hall–Kier alpha value is -3.90. The van der Waals surface area contributed by atoms with Crippen LogP contribution in [0.5, 0.6) is 0 Å². The van der Waals surface area contributed by atoms with Crippen LogP contribution in [0.3, 0.4) is 0 Å². The fourth-order valence-corrected chi connectivity index (χ4v) is 4.60. The first-order valence-corrected chi connectivity index (χ1v) is 13.2. The molecule has 12 nitrogen and oxygen atoms in total. The van der Waals surface area contributed by atoms with Gasteiger partial charge >= 0.3 is 6.03 Å². The highest BCUT2D eigenvalue weighted by Crippen LogP contribution is 2.24. The number of ether oxygens (including phenoxy) is 1.